The number of fused-ring (bicyclic) bond motifs is 1. The number of anilines is 1. The average Bonchev–Trinajstić information content (AvgIpc) is 3.20. The molecule has 1 aliphatic rings. The summed E-state index contributed by atoms with van der Waals surface area (Å²) in [5.41, 5.74) is 1.54. The second-order valence-electron chi connectivity index (χ2n) is 6.26. The van der Waals surface area contributed by atoms with Gasteiger partial charge in [0.2, 0.25) is 0 Å². The number of thiazole rings is 1. The van der Waals surface area contributed by atoms with Crippen LogP contribution in [0.2, 0.25) is 5.02 Å². The Bertz CT molecular complexity index is 921. The lowest BCUT2D eigenvalue weighted by molar-refractivity contribution is 0.0925. The van der Waals surface area contributed by atoms with Crippen LogP contribution in [0.4, 0.5) is 5.13 Å². The Labute approximate surface area is 154 Å². The molecule has 1 saturated heterocycles. The number of halogens is 1. The normalized spacial score (nSPS) is 17.8. The first kappa shape index (κ1) is 16.4. The maximum atomic E-state index is 12.4. The van der Waals surface area contributed by atoms with E-state index in [9.17, 15) is 4.79 Å². The molecule has 0 aliphatic carbocycles. The smallest absolute Gasteiger partial charge is 0.269 e. The number of nitrogens with one attached hydrogen (secondary N) is 1. The lowest BCUT2D eigenvalue weighted by Crippen LogP contribution is -2.48. The summed E-state index contributed by atoms with van der Waals surface area (Å²) in [5, 5.41) is 4.83. The molecule has 6 nitrogen and oxygen atoms in total. The zero-order chi connectivity index (χ0) is 17.4. The van der Waals surface area contributed by atoms with Gasteiger partial charge in [0.25, 0.3) is 5.91 Å². The minimum atomic E-state index is -0.0806. The number of nitrogens with zero attached hydrogens (tertiary/aromatic N) is 4. The number of hydrogen-bond acceptors (Lipinski definition) is 5. The zero-order valence-corrected chi connectivity index (χ0v) is 15.3. The van der Waals surface area contributed by atoms with Crippen LogP contribution in [-0.4, -0.2) is 39.6 Å². The fraction of sp³-hybridized carbons (Fsp3) is 0.353. The van der Waals surface area contributed by atoms with Gasteiger partial charge in [0.05, 0.1) is 22.7 Å². The van der Waals surface area contributed by atoms with Crippen molar-refractivity contribution >= 4 is 44.2 Å². The number of amides is 1. The highest BCUT2D eigenvalue weighted by Crippen LogP contribution is 2.32. The fourth-order valence-corrected chi connectivity index (χ4v) is 4.40. The third-order valence-corrected chi connectivity index (χ3v) is 5.73. The molecule has 2 aromatic heterocycles. The first-order valence-corrected chi connectivity index (χ1v) is 9.38. The van der Waals surface area contributed by atoms with Crippen molar-refractivity contribution in [1.29, 1.82) is 0 Å². The van der Waals surface area contributed by atoms with Crippen molar-refractivity contribution in [3.05, 3.63) is 41.4 Å². The minimum Gasteiger partial charge on any atom is -0.346 e. The van der Waals surface area contributed by atoms with E-state index in [2.05, 4.69) is 15.2 Å². The molecule has 1 unspecified atom stereocenters. The Kier molecular flexibility index (Phi) is 4.35. The summed E-state index contributed by atoms with van der Waals surface area (Å²) in [5.74, 6) is -0.0806. The van der Waals surface area contributed by atoms with E-state index in [0.717, 1.165) is 46.3 Å². The molecule has 3 heterocycles. The van der Waals surface area contributed by atoms with Gasteiger partial charge in [-0.1, -0.05) is 22.9 Å². The van der Waals surface area contributed by atoms with Crippen LogP contribution in [0.25, 0.3) is 10.2 Å². The Balaban J connectivity index is 1.48. The van der Waals surface area contributed by atoms with Gasteiger partial charge in [0.1, 0.15) is 5.69 Å². The number of carbonyl (C=O) groups excluding carboxylic acids is 1. The highest BCUT2D eigenvalue weighted by atomic mass is 35.5. The molecule has 1 fully saturated rings. The minimum absolute atomic E-state index is 0.0806. The van der Waals surface area contributed by atoms with Crippen molar-refractivity contribution in [1.82, 2.24) is 19.9 Å². The zero-order valence-electron chi connectivity index (χ0n) is 13.8. The van der Waals surface area contributed by atoms with Crippen LogP contribution in [0, 0.1) is 0 Å². The molecule has 1 N–H and O–H groups in total. The van der Waals surface area contributed by atoms with Crippen molar-refractivity contribution in [2.75, 3.05) is 18.0 Å². The maximum absolute atomic E-state index is 12.4. The largest absolute Gasteiger partial charge is 0.346 e. The summed E-state index contributed by atoms with van der Waals surface area (Å²) in [4.78, 5) is 23.4. The van der Waals surface area contributed by atoms with E-state index in [0.29, 0.717) is 5.69 Å². The van der Waals surface area contributed by atoms with E-state index in [-0.39, 0.29) is 11.9 Å². The van der Waals surface area contributed by atoms with Gasteiger partial charge >= 0.3 is 0 Å². The SMILES string of the molecule is Cn1cncc1C(=O)NC1CCCN(c2nc3ccc(Cl)cc3s2)C1. The molecular weight excluding hydrogens is 358 g/mol. The number of benzene rings is 1. The number of piperidine rings is 1. The van der Waals surface area contributed by atoms with Gasteiger partial charge in [-0.25, -0.2) is 9.97 Å². The van der Waals surface area contributed by atoms with E-state index in [1.807, 2.05) is 25.2 Å². The Hall–Kier alpha value is -2.12. The second-order valence-corrected chi connectivity index (χ2v) is 7.70. The van der Waals surface area contributed by atoms with Crippen LogP contribution in [0.3, 0.4) is 0 Å². The van der Waals surface area contributed by atoms with Crippen LogP contribution in [0.5, 0.6) is 0 Å². The van der Waals surface area contributed by atoms with Crippen molar-refractivity contribution in [2.24, 2.45) is 7.05 Å². The summed E-state index contributed by atoms with van der Waals surface area (Å²) in [6.07, 6.45) is 5.21. The molecule has 1 aliphatic heterocycles. The molecule has 4 rings (SSSR count). The molecule has 0 bridgehead atoms. The quantitative estimate of drug-likeness (QED) is 0.764. The highest BCUT2D eigenvalue weighted by Gasteiger charge is 2.24. The third-order valence-electron chi connectivity index (χ3n) is 4.42. The molecule has 3 aromatic rings. The molecule has 8 heteroatoms. The van der Waals surface area contributed by atoms with Crippen LogP contribution >= 0.6 is 22.9 Å². The number of rotatable bonds is 3. The van der Waals surface area contributed by atoms with Gasteiger partial charge in [-0.2, -0.15) is 0 Å². The lowest BCUT2D eigenvalue weighted by atomic mass is 10.1. The Morgan fingerprint density at radius 1 is 1.44 bits per heavy atom. The number of imidazole rings is 1. The molecule has 130 valence electrons. The van der Waals surface area contributed by atoms with Crippen molar-refractivity contribution in [3.8, 4) is 0 Å². The highest BCUT2D eigenvalue weighted by molar-refractivity contribution is 7.22. The first-order chi connectivity index (χ1) is 12.1. The van der Waals surface area contributed by atoms with Gasteiger partial charge in [-0.15, -0.1) is 0 Å². The first-order valence-electron chi connectivity index (χ1n) is 8.18. The molecule has 0 saturated carbocycles. The van der Waals surface area contributed by atoms with Gasteiger partial charge in [-0.3, -0.25) is 4.79 Å². The van der Waals surface area contributed by atoms with Crippen LogP contribution in [0.15, 0.2) is 30.7 Å². The maximum Gasteiger partial charge on any atom is 0.269 e. The third kappa shape index (κ3) is 3.34. The average molecular weight is 376 g/mol. The number of aryl methyl sites for hydroxylation is 1. The fourth-order valence-electron chi connectivity index (χ4n) is 3.13. The summed E-state index contributed by atoms with van der Waals surface area (Å²) in [6, 6.07) is 5.86. The lowest BCUT2D eigenvalue weighted by Gasteiger charge is -2.32. The topological polar surface area (TPSA) is 63.1 Å². The predicted octanol–water partition coefficient (Wildman–Crippen LogP) is 3.08. The van der Waals surface area contributed by atoms with Crippen LogP contribution < -0.4 is 10.2 Å². The van der Waals surface area contributed by atoms with E-state index in [1.54, 1.807) is 28.4 Å². The monoisotopic (exact) mass is 375 g/mol. The Morgan fingerprint density at radius 3 is 3.12 bits per heavy atom. The molecule has 1 atom stereocenters. The second kappa shape index (κ2) is 6.65. The van der Waals surface area contributed by atoms with E-state index < -0.39 is 0 Å². The van der Waals surface area contributed by atoms with Gasteiger partial charge < -0.3 is 14.8 Å². The summed E-state index contributed by atoms with van der Waals surface area (Å²) >= 11 is 7.71. The van der Waals surface area contributed by atoms with Crippen LogP contribution in [0.1, 0.15) is 23.3 Å². The van der Waals surface area contributed by atoms with Gasteiger partial charge in [0.15, 0.2) is 5.13 Å². The molecule has 0 radical (unpaired) electrons. The van der Waals surface area contributed by atoms with Crippen molar-refractivity contribution in [3.63, 3.8) is 0 Å². The van der Waals surface area contributed by atoms with Gasteiger partial charge in [-0.05, 0) is 31.0 Å². The standard InChI is InChI=1S/C17H18ClN5OS/c1-22-10-19-8-14(22)16(24)20-12-3-2-6-23(9-12)17-21-13-5-4-11(18)7-15(13)25-17/h4-5,7-8,10,12H,2-3,6,9H2,1H3,(H,20,24). The molecule has 1 amide bonds. The summed E-state index contributed by atoms with van der Waals surface area (Å²) < 4.78 is 2.82. The summed E-state index contributed by atoms with van der Waals surface area (Å²) in [6.45, 7) is 1.71. The summed E-state index contributed by atoms with van der Waals surface area (Å²) in [7, 11) is 1.82. The van der Waals surface area contributed by atoms with E-state index in [1.165, 1.54) is 0 Å². The molecule has 25 heavy (non-hydrogen) atoms. The van der Waals surface area contributed by atoms with E-state index >= 15 is 0 Å². The molecule has 0 spiro atoms. The van der Waals surface area contributed by atoms with Crippen molar-refractivity contribution < 1.29 is 4.79 Å². The number of hydrogen-bond donors (Lipinski definition) is 1. The van der Waals surface area contributed by atoms with Gasteiger partial charge in [0, 0.05) is 31.2 Å². The number of aromatic nitrogens is 3. The Morgan fingerprint density at radius 2 is 2.32 bits per heavy atom. The molecule has 1 aromatic carbocycles. The van der Waals surface area contributed by atoms with Crippen molar-refractivity contribution in [2.45, 2.75) is 18.9 Å². The van der Waals surface area contributed by atoms with E-state index in [4.69, 9.17) is 16.6 Å². The predicted molar refractivity (Wildman–Crippen MR) is 101 cm³/mol. The van der Waals surface area contributed by atoms with Crippen LogP contribution in [-0.2, 0) is 7.05 Å². The molecular formula is C17H18ClN5OS. The number of carbonyl (C=O) groups is 1.